The van der Waals surface area contributed by atoms with Gasteiger partial charge in [0.1, 0.15) is 0 Å². The van der Waals surface area contributed by atoms with Crippen molar-refractivity contribution in [1.29, 1.82) is 0 Å². The van der Waals surface area contributed by atoms with E-state index in [1.807, 2.05) is 0 Å². The summed E-state index contributed by atoms with van der Waals surface area (Å²) in [6.45, 7) is 3.34. The Kier molecular flexibility index (Phi) is 14.0. The van der Waals surface area contributed by atoms with Crippen molar-refractivity contribution in [3.8, 4) is 0 Å². The van der Waals surface area contributed by atoms with Crippen molar-refractivity contribution >= 4 is 66.0 Å². The van der Waals surface area contributed by atoms with Crippen LogP contribution in [0.3, 0.4) is 0 Å². The number of carboxylic acids is 8. The normalized spacial score (nSPS) is 27.1. The fraction of sp³-hybridized carbons (Fsp3) is 0.524. The summed E-state index contributed by atoms with van der Waals surface area (Å²) in [5.41, 5.74) is -1.06. The van der Waals surface area contributed by atoms with E-state index >= 15 is 0 Å². The highest BCUT2D eigenvalue weighted by Gasteiger charge is 2.56. The summed E-state index contributed by atoms with van der Waals surface area (Å²) in [5, 5.41) is 87.3. The van der Waals surface area contributed by atoms with Gasteiger partial charge in [0.2, 0.25) is 0 Å². The number of aromatic amines is 2. The van der Waals surface area contributed by atoms with Gasteiger partial charge >= 0.3 is 47.8 Å². The van der Waals surface area contributed by atoms with Gasteiger partial charge in [-0.25, -0.2) is 0 Å². The van der Waals surface area contributed by atoms with Crippen molar-refractivity contribution in [3.63, 3.8) is 0 Å². The smallest absolute Gasteiger partial charge is 0.307 e. The first-order valence-corrected chi connectivity index (χ1v) is 20.2. The largest absolute Gasteiger partial charge is 0.481 e. The number of carboxylic acid groups (broad SMARTS) is 8. The highest BCUT2D eigenvalue weighted by atomic mass is 16.4. The molecular formula is C42H52N4O16. The molecule has 0 amide bonds. The van der Waals surface area contributed by atoms with E-state index in [2.05, 4.69) is 20.6 Å². The molecule has 0 aliphatic carbocycles. The van der Waals surface area contributed by atoms with Crippen LogP contribution in [-0.4, -0.2) is 117 Å². The molecule has 62 heavy (non-hydrogen) atoms. The van der Waals surface area contributed by atoms with Crippen molar-refractivity contribution in [3.05, 3.63) is 50.0 Å². The molecule has 3 unspecified atom stereocenters. The van der Waals surface area contributed by atoms with Gasteiger partial charge in [0.05, 0.1) is 25.7 Å². The Bertz CT molecular complexity index is 2330. The van der Waals surface area contributed by atoms with E-state index in [0.717, 1.165) is 0 Å². The standard InChI is InChI=1S/C42H52N4O16/c1-41(17-39(59)60)23(5-9-35(51)52)29-14-27-21(11-37(55)56)19(3-7-33(47)48)25(43-27)13-26-20(4-8-34(49)50)22(12-38(57)58)28(44-26)15-31-42(2,18-40(61)62)24(6-10-36(53)54)30(46-31)16-32(41)45-29/h13-15,23-24,29-30,32,43-46H,3-12,16-18H2,1-2H3,(H,47,48)(H,49,50)(H,51,52)(H,53,54)(H,55,56)(H,57,58)(H,59,60)(H,61,62)/b25-13-,27-14-,31-15-/t23-,24-,29?,30?,32?,41+,42+/m1/s1. The Morgan fingerprint density at radius 3 is 1.66 bits per heavy atom. The summed E-state index contributed by atoms with van der Waals surface area (Å²) < 4.78 is 0. The molecule has 7 atom stereocenters. The molecule has 2 aromatic rings. The van der Waals surface area contributed by atoms with Crippen LogP contribution >= 0.6 is 0 Å². The molecule has 2 saturated heterocycles. The van der Waals surface area contributed by atoms with Crippen LogP contribution in [-0.2, 0) is 64.0 Å². The summed E-state index contributed by atoms with van der Waals surface area (Å²) in [7, 11) is 0. The predicted octanol–water partition coefficient (Wildman–Crippen LogP) is 1.22. The zero-order valence-corrected chi connectivity index (χ0v) is 34.2. The minimum atomic E-state index is -1.34. The number of rotatable bonds is 20. The Morgan fingerprint density at radius 2 is 1.11 bits per heavy atom. The highest BCUT2D eigenvalue weighted by Crippen LogP contribution is 2.53. The van der Waals surface area contributed by atoms with Crippen LogP contribution < -0.4 is 21.3 Å². The summed E-state index contributed by atoms with van der Waals surface area (Å²) >= 11 is 0. The topological polar surface area (TPSA) is 354 Å². The molecule has 20 heteroatoms. The number of carbonyl (C=O) groups is 8. The van der Waals surface area contributed by atoms with Gasteiger partial charge in [-0.2, -0.15) is 0 Å². The second-order valence-corrected chi connectivity index (χ2v) is 17.0. The van der Waals surface area contributed by atoms with E-state index in [4.69, 9.17) is 0 Å². The first-order chi connectivity index (χ1) is 29.0. The first kappa shape index (κ1) is 46.6. The zero-order chi connectivity index (χ0) is 45.8. The Hall–Kier alpha value is -6.44. The fourth-order valence-electron chi connectivity index (χ4n) is 10.2. The van der Waals surface area contributed by atoms with E-state index < -0.39 is 127 Å². The summed E-state index contributed by atoms with van der Waals surface area (Å²) in [4.78, 5) is 104. The van der Waals surface area contributed by atoms with Crippen LogP contribution in [0.5, 0.6) is 0 Å². The Labute approximate surface area is 353 Å². The van der Waals surface area contributed by atoms with Gasteiger partial charge in [-0.05, 0) is 89.8 Å². The van der Waals surface area contributed by atoms with E-state index in [1.165, 1.54) is 12.2 Å². The van der Waals surface area contributed by atoms with Gasteiger partial charge in [0.15, 0.2) is 0 Å². The summed E-state index contributed by atoms with van der Waals surface area (Å²) in [5.74, 6) is -11.2. The fourth-order valence-corrected chi connectivity index (χ4v) is 10.2. The van der Waals surface area contributed by atoms with Gasteiger partial charge < -0.3 is 61.5 Å². The van der Waals surface area contributed by atoms with Crippen LogP contribution in [0.15, 0.2) is 5.70 Å². The third kappa shape index (κ3) is 10.4. The number of aliphatic carboxylic acids is 8. The van der Waals surface area contributed by atoms with Gasteiger partial charge in [0, 0.05) is 77.0 Å². The zero-order valence-electron chi connectivity index (χ0n) is 34.2. The quantitative estimate of drug-likeness (QED) is 0.0890. The van der Waals surface area contributed by atoms with Crippen molar-refractivity contribution in [2.45, 2.75) is 115 Å². The van der Waals surface area contributed by atoms with E-state index in [0.29, 0.717) is 0 Å². The maximum absolute atomic E-state index is 12.7. The van der Waals surface area contributed by atoms with Crippen LogP contribution in [0.1, 0.15) is 105 Å². The Morgan fingerprint density at radius 1 is 0.581 bits per heavy atom. The predicted molar refractivity (Wildman–Crippen MR) is 215 cm³/mol. The van der Waals surface area contributed by atoms with Crippen LogP contribution in [0.4, 0.5) is 0 Å². The molecule has 5 heterocycles. The van der Waals surface area contributed by atoms with Gasteiger partial charge in [-0.3, -0.25) is 38.4 Å². The molecule has 0 aromatic carbocycles. The molecule has 336 valence electrons. The third-order valence-electron chi connectivity index (χ3n) is 12.9. The number of fused-ring (bicyclic) bond motifs is 8. The molecule has 2 fully saturated rings. The molecule has 8 bridgehead atoms. The van der Waals surface area contributed by atoms with Gasteiger partial charge in [0.25, 0.3) is 0 Å². The average molecular weight is 869 g/mol. The molecule has 12 N–H and O–H groups in total. The molecule has 0 spiro atoms. The third-order valence-corrected chi connectivity index (χ3v) is 12.9. The maximum Gasteiger partial charge on any atom is 0.307 e. The average Bonchev–Trinajstić information content (AvgIpc) is 3.77. The van der Waals surface area contributed by atoms with Crippen LogP contribution in [0, 0.1) is 22.7 Å². The van der Waals surface area contributed by atoms with E-state index in [9.17, 15) is 79.2 Å². The SMILES string of the molecule is C[C@@]1(CC(=O)O)/C2=C/c3[nH]c(c(CCC(=O)O)c3CC(=O)O)/C=c3\[nH]/c(c(CC(=O)O)c3CCC(=O)O)=C\C3NC(CC(N2)[C@H]1CCC(=O)O)[C@@](C)(CC(=O)O)[C@@H]3CCC(=O)O. The van der Waals surface area contributed by atoms with Crippen molar-refractivity contribution in [2.24, 2.45) is 22.7 Å². The summed E-state index contributed by atoms with van der Waals surface area (Å²) in [6.07, 6.45) is 0.427. The molecule has 5 rings (SSSR count). The maximum atomic E-state index is 12.7. The number of allylic oxidation sites excluding steroid dienone is 1. The monoisotopic (exact) mass is 868 g/mol. The second-order valence-electron chi connectivity index (χ2n) is 17.0. The number of H-pyrrole nitrogens is 2. The number of hydrogen-bond donors (Lipinski definition) is 12. The molecule has 0 saturated carbocycles. The lowest BCUT2D eigenvalue weighted by Crippen LogP contribution is -2.44. The highest BCUT2D eigenvalue weighted by molar-refractivity contribution is 5.78. The summed E-state index contributed by atoms with van der Waals surface area (Å²) in [6, 6.07) is -2.32. The minimum Gasteiger partial charge on any atom is -0.481 e. The lowest BCUT2D eigenvalue weighted by atomic mass is 9.65. The van der Waals surface area contributed by atoms with E-state index in [-0.39, 0.29) is 95.0 Å². The van der Waals surface area contributed by atoms with Crippen LogP contribution in [0.25, 0.3) is 18.2 Å². The lowest BCUT2D eigenvalue weighted by Gasteiger charge is -2.38. The molecule has 3 aliphatic heterocycles. The van der Waals surface area contributed by atoms with E-state index in [1.54, 1.807) is 19.9 Å². The number of hydrogen-bond acceptors (Lipinski definition) is 10. The molecule has 3 aliphatic rings. The van der Waals surface area contributed by atoms with Crippen molar-refractivity contribution < 1.29 is 79.2 Å². The molecular weight excluding hydrogens is 816 g/mol. The second kappa shape index (κ2) is 18.7. The number of aromatic nitrogens is 2. The molecule has 20 nitrogen and oxygen atoms in total. The van der Waals surface area contributed by atoms with Gasteiger partial charge in [-0.1, -0.05) is 13.8 Å². The molecule has 0 radical (unpaired) electrons. The minimum absolute atomic E-state index is 0.0315. The Balaban J connectivity index is 1.96. The van der Waals surface area contributed by atoms with Crippen LogP contribution in [0.2, 0.25) is 0 Å². The molecule has 2 aromatic heterocycles. The first-order valence-electron chi connectivity index (χ1n) is 20.2. The number of nitrogens with one attached hydrogen (secondary N) is 4. The van der Waals surface area contributed by atoms with Gasteiger partial charge in [-0.15, -0.1) is 0 Å². The van der Waals surface area contributed by atoms with Crippen molar-refractivity contribution in [2.75, 3.05) is 0 Å². The lowest BCUT2D eigenvalue weighted by molar-refractivity contribution is -0.142. The van der Waals surface area contributed by atoms with Crippen molar-refractivity contribution in [1.82, 2.24) is 20.6 Å².